The molecule has 0 aromatic carbocycles. The summed E-state index contributed by atoms with van der Waals surface area (Å²) in [5, 5.41) is 3.45. The van der Waals surface area contributed by atoms with E-state index in [1.54, 1.807) is 7.11 Å². The molecule has 0 saturated carbocycles. The van der Waals surface area contributed by atoms with Gasteiger partial charge in [0.05, 0.1) is 18.8 Å². The quantitative estimate of drug-likeness (QED) is 0.686. The van der Waals surface area contributed by atoms with Gasteiger partial charge in [-0.15, -0.1) is 0 Å². The summed E-state index contributed by atoms with van der Waals surface area (Å²) in [6.45, 7) is 6.61. The minimum atomic E-state index is 0.228. The van der Waals surface area contributed by atoms with Gasteiger partial charge in [0.15, 0.2) is 0 Å². The Bertz CT molecular complexity index is 331. The molecule has 4 nitrogen and oxygen atoms in total. The van der Waals surface area contributed by atoms with Crippen molar-refractivity contribution in [3.63, 3.8) is 0 Å². The summed E-state index contributed by atoms with van der Waals surface area (Å²) in [4.78, 5) is 4.44. The third kappa shape index (κ3) is 4.63. The Labute approximate surface area is 110 Å². The van der Waals surface area contributed by atoms with Crippen LogP contribution in [0.5, 0.6) is 5.75 Å². The van der Waals surface area contributed by atoms with Crippen molar-refractivity contribution in [2.45, 2.75) is 32.7 Å². The van der Waals surface area contributed by atoms with Gasteiger partial charge in [-0.2, -0.15) is 0 Å². The Hall–Kier alpha value is -1.13. The largest absolute Gasteiger partial charge is 0.495 e. The van der Waals surface area contributed by atoms with Crippen LogP contribution in [0, 0.1) is 0 Å². The van der Waals surface area contributed by atoms with Crippen molar-refractivity contribution in [1.82, 2.24) is 10.3 Å². The second-order valence-corrected chi connectivity index (χ2v) is 4.04. The molecule has 102 valence electrons. The van der Waals surface area contributed by atoms with Crippen molar-refractivity contribution in [2.24, 2.45) is 0 Å². The first-order valence-electron chi connectivity index (χ1n) is 6.63. The van der Waals surface area contributed by atoms with E-state index < -0.39 is 0 Å². The highest BCUT2D eigenvalue weighted by Gasteiger charge is 2.15. The van der Waals surface area contributed by atoms with E-state index in [9.17, 15) is 0 Å². The van der Waals surface area contributed by atoms with Gasteiger partial charge in [0.2, 0.25) is 0 Å². The maximum atomic E-state index is 5.38. The van der Waals surface area contributed by atoms with E-state index in [4.69, 9.17) is 9.47 Å². The number of rotatable bonds is 9. The first-order valence-corrected chi connectivity index (χ1v) is 6.63. The van der Waals surface area contributed by atoms with E-state index in [1.807, 2.05) is 25.3 Å². The second kappa shape index (κ2) is 8.89. The molecule has 0 spiro atoms. The van der Waals surface area contributed by atoms with Crippen LogP contribution in [0.2, 0.25) is 0 Å². The van der Waals surface area contributed by atoms with Crippen LogP contribution in [0.25, 0.3) is 0 Å². The van der Waals surface area contributed by atoms with Crippen molar-refractivity contribution < 1.29 is 9.47 Å². The Balaban J connectivity index is 2.64. The van der Waals surface area contributed by atoms with Crippen molar-refractivity contribution in [3.05, 3.63) is 24.0 Å². The third-order valence-corrected chi connectivity index (χ3v) is 2.79. The molecule has 0 aliphatic rings. The summed E-state index contributed by atoms with van der Waals surface area (Å²) < 4.78 is 10.7. The lowest BCUT2D eigenvalue weighted by atomic mass is 10.1. The molecule has 0 aliphatic heterocycles. The highest BCUT2D eigenvalue weighted by molar-refractivity contribution is 5.29. The van der Waals surface area contributed by atoms with Crippen LogP contribution in [0.4, 0.5) is 0 Å². The number of methoxy groups -OCH3 is 1. The molecule has 1 rings (SSSR count). The number of nitrogens with zero attached hydrogens (tertiary/aromatic N) is 1. The zero-order chi connectivity index (χ0) is 13.2. The topological polar surface area (TPSA) is 43.4 Å². The second-order valence-electron chi connectivity index (χ2n) is 4.04. The van der Waals surface area contributed by atoms with Gasteiger partial charge in [0.25, 0.3) is 0 Å². The van der Waals surface area contributed by atoms with Crippen LogP contribution in [0.1, 0.15) is 38.4 Å². The van der Waals surface area contributed by atoms with Gasteiger partial charge >= 0.3 is 0 Å². The molecule has 0 saturated heterocycles. The molecule has 1 heterocycles. The highest BCUT2D eigenvalue weighted by atomic mass is 16.5. The molecule has 4 heteroatoms. The van der Waals surface area contributed by atoms with Gasteiger partial charge in [0, 0.05) is 19.4 Å². The van der Waals surface area contributed by atoms with Crippen LogP contribution < -0.4 is 10.1 Å². The number of pyridine rings is 1. The standard InChI is InChI=1S/C14H24N2O2/c1-4-15-12(8-7-11-18-5-2)14-13(17-3)9-6-10-16-14/h6,9-10,12,15H,4-5,7-8,11H2,1-3H3. The van der Waals surface area contributed by atoms with E-state index in [0.29, 0.717) is 0 Å². The maximum Gasteiger partial charge on any atom is 0.141 e. The fourth-order valence-corrected chi connectivity index (χ4v) is 1.95. The molecule has 1 N–H and O–H groups in total. The number of ether oxygens (including phenoxy) is 2. The van der Waals surface area contributed by atoms with Gasteiger partial charge in [-0.25, -0.2) is 0 Å². The SMILES string of the molecule is CCNC(CCCOCC)c1ncccc1OC. The smallest absolute Gasteiger partial charge is 0.141 e. The summed E-state index contributed by atoms with van der Waals surface area (Å²) in [5.74, 6) is 0.847. The fraction of sp³-hybridized carbons (Fsp3) is 0.643. The van der Waals surface area contributed by atoms with Crippen LogP contribution in [-0.4, -0.2) is 31.9 Å². The summed E-state index contributed by atoms with van der Waals surface area (Å²) in [5.41, 5.74) is 0.985. The first-order chi connectivity index (χ1) is 8.83. The molecule has 1 aromatic rings. The molecule has 0 bridgehead atoms. The van der Waals surface area contributed by atoms with E-state index in [2.05, 4.69) is 17.2 Å². The Morgan fingerprint density at radius 3 is 2.89 bits per heavy atom. The molecule has 0 amide bonds. The predicted octanol–water partition coefficient (Wildman–Crippen LogP) is 2.56. The monoisotopic (exact) mass is 252 g/mol. The predicted molar refractivity (Wildman–Crippen MR) is 72.9 cm³/mol. The minimum absolute atomic E-state index is 0.228. The lowest BCUT2D eigenvalue weighted by Crippen LogP contribution is -2.23. The first kappa shape index (κ1) is 14.9. The molecular weight excluding hydrogens is 228 g/mol. The fourth-order valence-electron chi connectivity index (χ4n) is 1.95. The van der Waals surface area contributed by atoms with Gasteiger partial charge in [0.1, 0.15) is 5.75 Å². The van der Waals surface area contributed by atoms with E-state index in [0.717, 1.165) is 44.0 Å². The summed E-state index contributed by atoms with van der Waals surface area (Å²) in [7, 11) is 1.68. The minimum Gasteiger partial charge on any atom is -0.495 e. The van der Waals surface area contributed by atoms with Gasteiger partial charge < -0.3 is 14.8 Å². The maximum absolute atomic E-state index is 5.38. The Morgan fingerprint density at radius 2 is 2.22 bits per heavy atom. The summed E-state index contributed by atoms with van der Waals surface area (Å²) in [6.07, 6.45) is 3.83. The van der Waals surface area contributed by atoms with Crippen LogP contribution in [-0.2, 0) is 4.74 Å². The molecule has 0 radical (unpaired) electrons. The van der Waals surface area contributed by atoms with Crippen molar-refractivity contribution in [1.29, 1.82) is 0 Å². The lowest BCUT2D eigenvalue weighted by molar-refractivity contribution is 0.140. The average Bonchev–Trinajstić information content (AvgIpc) is 2.42. The van der Waals surface area contributed by atoms with Crippen molar-refractivity contribution >= 4 is 0 Å². The molecular formula is C14H24N2O2. The van der Waals surface area contributed by atoms with E-state index >= 15 is 0 Å². The number of aromatic nitrogens is 1. The normalized spacial score (nSPS) is 12.4. The van der Waals surface area contributed by atoms with Gasteiger partial charge in [-0.3, -0.25) is 4.98 Å². The zero-order valence-corrected chi connectivity index (χ0v) is 11.6. The Kier molecular flexibility index (Phi) is 7.37. The van der Waals surface area contributed by atoms with Crippen LogP contribution in [0.15, 0.2) is 18.3 Å². The molecule has 1 unspecified atom stereocenters. The Morgan fingerprint density at radius 1 is 1.39 bits per heavy atom. The molecule has 0 aliphatic carbocycles. The summed E-state index contributed by atoms with van der Waals surface area (Å²) >= 11 is 0. The van der Waals surface area contributed by atoms with Crippen molar-refractivity contribution in [2.75, 3.05) is 26.9 Å². The summed E-state index contributed by atoms with van der Waals surface area (Å²) in [6, 6.07) is 4.08. The number of hydrogen-bond acceptors (Lipinski definition) is 4. The average molecular weight is 252 g/mol. The number of hydrogen-bond donors (Lipinski definition) is 1. The highest BCUT2D eigenvalue weighted by Crippen LogP contribution is 2.25. The molecule has 18 heavy (non-hydrogen) atoms. The van der Waals surface area contributed by atoms with Gasteiger partial charge in [-0.1, -0.05) is 6.92 Å². The van der Waals surface area contributed by atoms with Crippen molar-refractivity contribution in [3.8, 4) is 5.75 Å². The van der Waals surface area contributed by atoms with Gasteiger partial charge in [-0.05, 0) is 38.4 Å². The van der Waals surface area contributed by atoms with E-state index in [1.165, 1.54) is 0 Å². The third-order valence-electron chi connectivity index (χ3n) is 2.79. The van der Waals surface area contributed by atoms with Crippen LogP contribution >= 0.6 is 0 Å². The van der Waals surface area contributed by atoms with Crippen LogP contribution in [0.3, 0.4) is 0 Å². The molecule has 1 atom stereocenters. The molecule has 1 aromatic heterocycles. The lowest BCUT2D eigenvalue weighted by Gasteiger charge is -2.19. The molecule has 0 fully saturated rings. The number of nitrogens with one attached hydrogen (secondary N) is 1. The van der Waals surface area contributed by atoms with E-state index in [-0.39, 0.29) is 6.04 Å². The zero-order valence-electron chi connectivity index (χ0n) is 11.6.